The van der Waals surface area contributed by atoms with Crippen molar-refractivity contribution in [1.82, 2.24) is 25.1 Å². The van der Waals surface area contributed by atoms with Crippen LogP contribution in [0.2, 0.25) is 0 Å². The van der Waals surface area contributed by atoms with Gasteiger partial charge in [0.15, 0.2) is 11.6 Å². The van der Waals surface area contributed by atoms with Gasteiger partial charge in [0.1, 0.15) is 11.6 Å². The number of piperazine rings is 1. The molecule has 7 nitrogen and oxygen atoms in total. The van der Waals surface area contributed by atoms with Crippen LogP contribution in [0.3, 0.4) is 0 Å². The molecule has 0 spiro atoms. The van der Waals surface area contributed by atoms with Crippen LogP contribution in [0.25, 0.3) is 11.4 Å². The van der Waals surface area contributed by atoms with Crippen LogP contribution in [0.5, 0.6) is 0 Å². The second kappa shape index (κ2) is 7.98. The topological polar surface area (TPSA) is 73.0 Å². The number of nitrogens with one attached hydrogen (secondary N) is 2. The Morgan fingerprint density at radius 2 is 1.82 bits per heavy atom. The summed E-state index contributed by atoms with van der Waals surface area (Å²) in [5, 5.41) is 10.6. The SMILES string of the molecule is CCc1ccccc1-c1nc(Nc2cc(C)[nH]n2)cc(N2CCN(C)CC2)n1. The Morgan fingerprint density at radius 1 is 1.04 bits per heavy atom. The Hall–Kier alpha value is -2.93. The van der Waals surface area contributed by atoms with E-state index in [1.165, 1.54) is 5.56 Å². The molecule has 0 bridgehead atoms. The number of rotatable bonds is 5. The summed E-state index contributed by atoms with van der Waals surface area (Å²) in [5.74, 6) is 3.23. The minimum absolute atomic E-state index is 0.753. The summed E-state index contributed by atoms with van der Waals surface area (Å²) in [6, 6.07) is 12.4. The van der Waals surface area contributed by atoms with E-state index in [4.69, 9.17) is 9.97 Å². The number of nitrogens with zero attached hydrogens (tertiary/aromatic N) is 5. The first kappa shape index (κ1) is 18.4. The van der Waals surface area contributed by atoms with Crippen LogP contribution in [-0.2, 0) is 6.42 Å². The molecule has 1 aromatic carbocycles. The van der Waals surface area contributed by atoms with Gasteiger partial charge in [-0.3, -0.25) is 5.10 Å². The molecule has 1 saturated heterocycles. The number of likely N-dealkylation sites (N-methyl/N-ethyl adjacent to an activating group) is 1. The average Bonchev–Trinajstić information content (AvgIpc) is 3.12. The lowest BCUT2D eigenvalue weighted by Crippen LogP contribution is -2.44. The number of aromatic nitrogens is 4. The first-order chi connectivity index (χ1) is 13.6. The molecule has 7 heteroatoms. The van der Waals surface area contributed by atoms with Crippen LogP contribution in [0.1, 0.15) is 18.2 Å². The third-order valence-corrected chi connectivity index (χ3v) is 5.14. The summed E-state index contributed by atoms with van der Waals surface area (Å²) >= 11 is 0. The summed E-state index contributed by atoms with van der Waals surface area (Å²) in [5.41, 5.74) is 3.34. The highest BCUT2D eigenvalue weighted by molar-refractivity contribution is 5.67. The number of anilines is 3. The number of hydrogen-bond acceptors (Lipinski definition) is 6. The molecule has 0 saturated carbocycles. The van der Waals surface area contributed by atoms with Gasteiger partial charge in [-0.1, -0.05) is 31.2 Å². The van der Waals surface area contributed by atoms with Crippen molar-refractivity contribution in [2.24, 2.45) is 0 Å². The standard InChI is InChI=1S/C21H27N7/c1-4-16-7-5-6-8-17(16)21-23-18(22-19-13-15(2)25-26-19)14-20(24-21)28-11-9-27(3)10-12-28/h5-8,13-14H,4,9-12H2,1-3H3,(H2,22,23,24,25,26). The molecule has 0 radical (unpaired) electrons. The van der Waals surface area contributed by atoms with E-state index in [9.17, 15) is 0 Å². The number of aromatic amines is 1. The molecule has 2 N–H and O–H groups in total. The molecule has 1 aliphatic rings. The average molecular weight is 377 g/mol. The maximum Gasteiger partial charge on any atom is 0.164 e. The minimum atomic E-state index is 0.753. The van der Waals surface area contributed by atoms with Crippen molar-refractivity contribution in [3.8, 4) is 11.4 Å². The zero-order valence-electron chi connectivity index (χ0n) is 16.7. The largest absolute Gasteiger partial charge is 0.354 e. The molecular formula is C21H27N7. The van der Waals surface area contributed by atoms with Crippen LogP contribution in [0, 0.1) is 6.92 Å². The number of benzene rings is 1. The van der Waals surface area contributed by atoms with E-state index >= 15 is 0 Å². The molecule has 1 aliphatic heterocycles. The van der Waals surface area contributed by atoms with Crippen LogP contribution in [0.15, 0.2) is 36.4 Å². The van der Waals surface area contributed by atoms with E-state index in [0.29, 0.717) is 0 Å². The van der Waals surface area contributed by atoms with Gasteiger partial charge in [0, 0.05) is 49.6 Å². The maximum atomic E-state index is 4.94. The van der Waals surface area contributed by atoms with Gasteiger partial charge < -0.3 is 15.1 Å². The van der Waals surface area contributed by atoms with E-state index in [1.807, 2.05) is 25.1 Å². The summed E-state index contributed by atoms with van der Waals surface area (Å²) in [6.07, 6.45) is 0.944. The lowest BCUT2D eigenvalue weighted by atomic mass is 10.0. The van der Waals surface area contributed by atoms with Gasteiger partial charge in [0.05, 0.1) is 0 Å². The lowest BCUT2D eigenvalue weighted by Gasteiger charge is -2.33. The Balaban J connectivity index is 1.74. The zero-order chi connectivity index (χ0) is 19.5. The van der Waals surface area contributed by atoms with E-state index in [1.54, 1.807) is 0 Å². The van der Waals surface area contributed by atoms with Gasteiger partial charge in [-0.05, 0) is 26.0 Å². The van der Waals surface area contributed by atoms with Crippen molar-refractivity contribution < 1.29 is 0 Å². The highest BCUT2D eigenvalue weighted by Gasteiger charge is 2.18. The van der Waals surface area contributed by atoms with Crippen molar-refractivity contribution in [3.05, 3.63) is 47.7 Å². The monoisotopic (exact) mass is 377 g/mol. The Labute approximate surface area is 165 Å². The molecule has 3 heterocycles. The van der Waals surface area contributed by atoms with Crippen molar-refractivity contribution in [2.45, 2.75) is 20.3 Å². The molecule has 2 aromatic heterocycles. The fraction of sp³-hybridized carbons (Fsp3) is 0.381. The van der Waals surface area contributed by atoms with E-state index in [2.05, 4.69) is 57.5 Å². The van der Waals surface area contributed by atoms with Crippen LogP contribution < -0.4 is 10.2 Å². The predicted molar refractivity (Wildman–Crippen MR) is 113 cm³/mol. The number of hydrogen-bond donors (Lipinski definition) is 2. The van der Waals surface area contributed by atoms with Crippen molar-refractivity contribution >= 4 is 17.5 Å². The third-order valence-electron chi connectivity index (χ3n) is 5.14. The second-order valence-corrected chi connectivity index (χ2v) is 7.30. The summed E-state index contributed by atoms with van der Waals surface area (Å²) < 4.78 is 0. The quantitative estimate of drug-likeness (QED) is 0.711. The van der Waals surface area contributed by atoms with E-state index < -0.39 is 0 Å². The molecule has 0 amide bonds. The third kappa shape index (κ3) is 3.99. The zero-order valence-corrected chi connectivity index (χ0v) is 16.7. The molecule has 146 valence electrons. The predicted octanol–water partition coefficient (Wildman–Crippen LogP) is 3.23. The molecule has 0 unspecified atom stereocenters. The molecule has 28 heavy (non-hydrogen) atoms. The molecule has 3 aromatic rings. The van der Waals surface area contributed by atoms with E-state index in [-0.39, 0.29) is 0 Å². The molecule has 0 atom stereocenters. The molecular weight excluding hydrogens is 350 g/mol. The maximum absolute atomic E-state index is 4.94. The van der Waals surface area contributed by atoms with Crippen molar-refractivity contribution in [2.75, 3.05) is 43.4 Å². The summed E-state index contributed by atoms with van der Waals surface area (Å²) in [7, 11) is 2.16. The first-order valence-corrected chi connectivity index (χ1v) is 9.82. The second-order valence-electron chi connectivity index (χ2n) is 7.30. The first-order valence-electron chi connectivity index (χ1n) is 9.82. The van der Waals surface area contributed by atoms with Gasteiger partial charge in [0.25, 0.3) is 0 Å². The number of H-pyrrole nitrogens is 1. The van der Waals surface area contributed by atoms with Crippen LogP contribution in [-0.4, -0.2) is 58.3 Å². The lowest BCUT2D eigenvalue weighted by molar-refractivity contribution is 0.312. The van der Waals surface area contributed by atoms with Gasteiger partial charge in [-0.25, -0.2) is 9.97 Å². The Kier molecular flexibility index (Phi) is 5.25. The van der Waals surface area contributed by atoms with Crippen LogP contribution in [0.4, 0.5) is 17.5 Å². The Bertz CT molecular complexity index is 941. The molecule has 1 fully saturated rings. The van der Waals surface area contributed by atoms with Crippen LogP contribution >= 0.6 is 0 Å². The van der Waals surface area contributed by atoms with Crippen molar-refractivity contribution in [3.63, 3.8) is 0 Å². The molecule has 4 rings (SSSR count). The fourth-order valence-electron chi connectivity index (χ4n) is 3.48. The van der Waals surface area contributed by atoms with E-state index in [0.717, 1.165) is 67.1 Å². The normalized spacial score (nSPS) is 15.0. The van der Waals surface area contributed by atoms with Gasteiger partial charge >= 0.3 is 0 Å². The number of aryl methyl sites for hydroxylation is 2. The van der Waals surface area contributed by atoms with Gasteiger partial charge in [-0.2, -0.15) is 5.10 Å². The highest BCUT2D eigenvalue weighted by Crippen LogP contribution is 2.27. The summed E-state index contributed by atoms with van der Waals surface area (Å²) in [4.78, 5) is 14.4. The highest BCUT2D eigenvalue weighted by atomic mass is 15.3. The Morgan fingerprint density at radius 3 is 2.54 bits per heavy atom. The summed E-state index contributed by atoms with van der Waals surface area (Å²) in [6.45, 7) is 8.14. The van der Waals surface area contributed by atoms with Gasteiger partial charge in [0.2, 0.25) is 0 Å². The van der Waals surface area contributed by atoms with Gasteiger partial charge in [-0.15, -0.1) is 0 Å². The fourth-order valence-corrected chi connectivity index (χ4v) is 3.48. The van der Waals surface area contributed by atoms with Crippen molar-refractivity contribution in [1.29, 1.82) is 0 Å². The smallest absolute Gasteiger partial charge is 0.164 e. The molecule has 0 aliphatic carbocycles. The minimum Gasteiger partial charge on any atom is -0.354 e.